The van der Waals surface area contributed by atoms with Crippen LogP contribution in [0.4, 0.5) is 0 Å². The number of carbonyl (C=O) groups is 4. The molecule has 10 atom stereocenters. The minimum absolute atomic E-state index is 0.112. The molecule has 3 aliphatic heterocycles. The van der Waals surface area contributed by atoms with Crippen LogP contribution in [-0.4, -0.2) is 104 Å². The number of aliphatic hydroxyl groups is 1. The van der Waals surface area contributed by atoms with Gasteiger partial charge in [0.1, 0.15) is 17.7 Å². The second-order valence-electron chi connectivity index (χ2n) is 17.2. The number of carbonyl (C=O) groups excluding carboxylic acids is 4. The summed E-state index contributed by atoms with van der Waals surface area (Å²) in [5, 5.41) is 10.9. The van der Waals surface area contributed by atoms with Crippen molar-refractivity contribution in [1.29, 1.82) is 0 Å². The Morgan fingerprint density at radius 3 is 2.32 bits per heavy atom. The molecular weight excluding hydrogens is 738 g/mol. The summed E-state index contributed by atoms with van der Waals surface area (Å²) in [6.07, 6.45) is 4.25. The molecule has 11 heteroatoms. The van der Waals surface area contributed by atoms with E-state index in [1.165, 1.54) is 0 Å². The first-order chi connectivity index (χ1) is 24.8. The molecule has 0 aliphatic carbocycles. The van der Waals surface area contributed by atoms with Gasteiger partial charge in [-0.2, -0.15) is 0 Å². The van der Waals surface area contributed by atoms with Gasteiger partial charge in [0.05, 0.1) is 36.6 Å². The number of alkyl halides is 1. The third-order valence-corrected chi connectivity index (χ3v) is 12.6. The third-order valence-electron chi connectivity index (χ3n) is 11.7. The van der Waals surface area contributed by atoms with Crippen LogP contribution in [0.15, 0.2) is 55.6 Å². The summed E-state index contributed by atoms with van der Waals surface area (Å²) in [7, 11) is 1.69. The zero-order chi connectivity index (χ0) is 39.6. The van der Waals surface area contributed by atoms with Crippen LogP contribution in [0, 0.1) is 23.2 Å². The Kier molecular flexibility index (Phi) is 13.5. The highest BCUT2D eigenvalue weighted by molar-refractivity contribution is 9.09. The number of benzene rings is 1. The van der Waals surface area contributed by atoms with Crippen molar-refractivity contribution < 1.29 is 33.8 Å². The molecule has 2 bridgehead atoms. The Labute approximate surface area is 325 Å². The van der Waals surface area contributed by atoms with Crippen molar-refractivity contribution in [3.05, 3.63) is 61.2 Å². The number of aliphatic hydroxyl groups excluding tert-OH is 1. The summed E-state index contributed by atoms with van der Waals surface area (Å²) in [5.74, 6) is -3.62. The number of likely N-dealkylation sites (N-methyl/N-ethyl adjacent to an activating group) is 1. The number of esters is 1. The number of rotatable bonds is 17. The van der Waals surface area contributed by atoms with Crippen LogP contribution in [0.1, 0.15) is 99.2 Å². The maximum absolute atomic E-state index is 15.3. The van der Waals surface area contributed by atoms with Crippen molar-refractivity contribution in [1.82, 2.24) is 14.7 Å². The molecule has 1 spiro atoms. The van der Waals surface area contributed by atoms with Gasteiger partial charge in [-0.25, -0.2) is 0 Å². The van der Waals surface area contributed by atoms with Gasteiger partial charge in [-0.05, 0) is 56.9 Å². The standard InChI is InChI=1S/C42H62BrN3O7/c1-12-15-21-31(48)44(11)27(5)34(28-19-17-16-18-20-28)52-39(51)32-33-37(49)46(30(24-47)26(4)14-3)36(42(33)23-29(43)35(32)53-42)38(50)45(22-13-2)41(9,10)25-40(6,7)8/h12-13,16-20,26-27,29-30,32-36,47H,1-2,14-15,21-25H2,3-11H3/t26-,27-,29?,30-,32-,33+,34+,35-,36-,42+/m0/s1. The van der Waals surface area contributed by atoms with E-state index >= 15 is 9.59 Å². The third kappa shape index (κ3) is 8.32. The number of likely N-dealkylation sites (tertiary alicyclic amines) is 1. The van der Waals surface area contributed by atoms with Crippen LogP contribution in [0.25, 0.3) is 0 Å². The van der Waals surface area contributed by atoms with Crippen LogP contribution in [0.2, 0.25) is 0 Å². The van der Waals surface area contributed by atoms with Crippen LogP contribution in [0.5, 0.6) is 0 Å². The number of fused-ring (bicyclic) bond motifs is 1. The summed E-state index contributed by atoms with van der Waals surface area (Å²) in [6.45, 7) is 23.8. The molecule has 0 radical (unpaired) electrons. The van der Waals surface area contributed by atoms with Gasteiger partial charge in [0.25, 0.3) is 0 Å². The van der Waals surface area contributed by atoms with Crippen molar-refractivity contribution in [2.24, 2.45) is 23.2 Å². The topological polar surface area (TPSA) is 117 Å². The molecule has 294 valence electrons. The van der Waals surface area contributed by atoms with Gasteiger partial charge in [-0.1, -0.05) is 99.5 Å². The highest BCUT2D eigenvalue weighted by Gasteiger charge is 2.78. The number of nitrogens with zero attached hydrogens (tertiary/aromatic N) is 3. The van der Waals surface area contributed by atoms with Crippen molar-refractivity contribution >= 4 is 39.6 Å². The lowest BCUT2D eigenvalue weighted by Gasteiger charge is -2.47. The highest BCUT2D eigenvalue weighted by atomic mass is 79.9. The molecule has 3 saturated heterocycles. The van der Waals surface area contributed by atoms with Gasteiger partial charge in [0, 0.05) is 30.4 Å². The fourth-order valence-electron chi connectivity index (χ4n) is 9.22. The Morgan fingerprint density at radius 1 is 1.13 bits per heavy atom. The lowest BCUT2D eigenvalue weighted by Crippen LogP contribution is -2.63. The van der Waals surface area contributed by atoms with E-state index in [2.05, 4.69) is 49.9 Å². The number of allylic oxidation sites excluding steroid dienone is 1. The molecule has 3 fully saturated rings. The Morgan fingerprint density at radius 2 is 1.77 bits per heavy atom. The Balaban J connectivity index is 1.81. The van der Waals surface area contributed by atoms with Crippen molar-refractivity contribution in [3.63, 3.8) is 0 Å². The summed E-state index contributed by atoms with van der Waals surface area (Å²) < 4.78 is 13.3. The summed E-state index contributed by atoms with van der Waals surface area (Å²) >= 11 is 3.79. The SMILES string of the molecule is C=CCCC(=O)N(C)[C@@H](C)[C@@H](OC(=O)[C@@H]1[C@H]2O[C@@]3(CC2Br)[C@H](C(=O)N(CC=C)C(C)(C)CC(C)(C)C)N([C@@H](CO)[C@@H](C)CC)C(=O)[C@@H]13)c1ccccc1. The molecule has 1 aromatic carbocycles. The molecule has 1 N–H and O–H groups in total. The van der Waals surface area contributed by atoms with Gasteiger partial charge in [-0.15, -0.1) is 13.2 Å². The lowest BCUT2D eigenvalue weighted by atomic mass is 9.70. The second-order valence-corrected chi connectivity index (χ2v) is 18.3. The molecule has 3 heterocycles. The lowest BCUT2D eigenvalue weighted by molar-refractivity contribution is -0.165. The van der Waals surface area contributed by atoms with Crippen molar-refractivity contribution in [3.8, 4) is 0 Å². The molecule has 0 aromatic heterocycles. The largest absolute Gasteiger partial charge is 0.455 e. The summed E-state index contributed by atoms with van der Waals surface area (Å²) in [5.41, 5.74) is -1.39. The average molecular weight is 801 g/mol. The maximum atomic E-state index is 15.3. The molecular formula is C42H62BrN3O7. The van der Waals surface area contributed by atoms with E-state index < -0.39 is 59.3 Å². The number of amides is 3. The zero-order valence-corrected chi connectivity index (χ0v) is 34.8. The van der Waals surface area contributed by atoms with Gasteiger partial charge in [0.2, 0.25) is 17.7 Å². The van der Waals surface area contributed by atoms with Crippen LogP contribution in [0.3, 0.4) is 0 Å². The number of hydrogen-bond acceptors (Lipinski definition) is 7. The monoisotopic (exact) mass is 799 g/mol. The Hall–Kier alpha value is -3.02. The molecule has 1 aromatic rings. The first-order valence-corrected chi connectivity index (χ1v) is 20.0. The van der Waals surface area contributed by atoms with E-state index in [4.69, 9.17) is 9.47 Å². The van der Waals surface area contributed by atoms with Crippen LogP contribution < -0.4 is 0 Å². The summed E-state index contributed by atoms with van der Waals surface area (Å²) in [4.78, 5) is 62.7. The van der Waals surface area contributed by atoms with Crippen molar-refractivity contribution in [2.45, 2.75) is 134 Å². The maximum Gasteiger partial charge on any atom is 0.313 e. The number of hydrogen-bond donors (Lipinski definition) is 1. The minimum atomic E-state index is -1.35. The van der Waals surface area contributed by atoms with Crippen LogP contribution in [-0.2, 0) is 28.7 Å². The quantitative estimate of drug-likeness (QED) is 0.109. The average Bonchev–Trinajstić information content (AvgIpc) is 3.70. The minimum Gasteiger partial charge on any atom is -0.455 e. The zero-order valence-electron chi connectivity index (χ0n) is 33.2. The van der Waals surface area contributed by atoms with E-state index in [9.17, 15) is 14.7 Å². The number of halogens is 1. The smallest absolute Gasteiger partial charge is 0.313 e. The predicted molar refractivity (Wildman–Crippen MR) is 210 cm³/mol. The van der Waals surface area contributed by atoms with Gasteiger partial charge < -0.3 is 29.3 Å². The fraction of sp³-hybridized carbons (Fsp3) is 0.667. The van der Waals surface area contributed by atoms with E-state index in [0.717, 1.165) is 0 Å². The molecule has 4 rings (SSSR count). The van der Waals surface area contributed by atoms with Gasteiger partial charge in [-0.3, -0.25) is 19.2 Å². The first-order valence-electron chi connectivity index (χ1n) is 19.1. The summed E-state index contributed by atoms with van der Waals surface area (Å²) in [6, 6.07) is 6.95. The molecule has 53 heavy (non-hydrogen) atoms. The molecule has 0 saturated carbocycles. The van der Waals surface area contributed by atoms with E-state index in [1.54, 1.807) is 33.9 Å². The van der Waals surface area contributed by atoms with E-state index in [1.807, 2.05) is 65.0 Å². The number of ether oxygens (including phenoxy) is 2. The molecule has 3 amide bonds. The van der Waals surface area contributed by atoms with E-state index in [0.29, 0.717) is 31.2 Å². The predicted octanol–water partition coefficient (Wildman–Crippen LogP) is 6.47. The van der Waals surface area contributed by atoms with Crippen LogP contribution >= 0.6 is 15.9 Å². The fourth-order valence-corrected chi connectivity index (χ4v) is 10.2. The highest BCUT2D eigenvalue weighted by Crippen LogP contribution is 2.61. The van der Waals surface area contributed by atoms with E-state index in [-0.39, 0.29) is 53.5 Å². The normalized spacial score (nSPS) is 27.4. The Bertz CT molecular complexity index is 1510. The first kappa shape index (κ1) is 42.7. The molecule has 1 unspecified atom stereocenters. The van der Waals surface area contributed by atoms with Gasteiger partial charge >= 0.3 is 5.97 Å². The van der Waals surface area contributed by atoms with Gasteiger partial charge in [0.15, 0.2) is 0 Å². The van der Waals surface area contributed by atoms with Crippen molar-refractivity contribution in [2.75, 3.05) is 20.2 Å². The molecule has 3 aliphatic rings. The second kappa shape index (κ2) is 16.8. The molecule has 10 nitrogen and oxygen atoms in total.